The number of aromatic nitrogens is 1. The highest BCUT2D eigenvalue weighted by molar-refractivity contribution is 14.0. The lowest BCUT2D eigenvalue weighted by Gasteiger charge is -2.35. The molecule has 1 unspecified atom stereocenters. The molecule has 3 heterocycles. The Kier molecular flexibility index (Phi) is 9.69. The van der Waals surface area contributed by atoms with Crippen LogP contribution in [0.15, 0.2) is 23.3 Å². The second-order valence-electron chi connectivity index (χ2n) is 7.11. The number of morpholine rings is 1. The second kappa shape index (κ2) is 11.7. The molecule has 28 heavy (non-hydrogen) atoms. The highest BCUT2D eigenvalue weighted by Gasteiger charge is 2.22. The van der Waals surface area contributed by atoms with Crippen LogP contribution in [0.3, 0.4) is 0 Å². The van der Waals surface area contributed by atoms with Gasteiger partial charge in [-0.25, -0.2) is 4.98 Å². The highest BCUT2D eigenvalue weighted by Crippen LogP contribution is 2.15. The normalized spacial score (nSPS) is 21.4. The summed E-state index contributed by atoms with van der Waals surface area (Å²) in [6, 6.07) is 4.24. The average molecular weight is 504 g/mol. The van der Waals surface area contributed by atoms with E-state index in [4.69, 9.17) is 9.47 Å². The molecule has 0 bridgehead atoms. The maximum atomic E-state index is 5.73. The van der Waals surface area contributed by atoms with Gasteiger partial charge in [0.05, 0.1) is 19.3 Å². The van der Waals surface area contributed by atoms with Crippen molar-refractivity contribution in [3.8, 4) is 0 Å². The van der Waals surface area contributed by atoms with Gasteiger partial charge >= 0.3 is 0 Å². The Labute approximate surface area is 185 Å². The molecule has 1 aromatic heterocycles. The Morgan fingerprint density at radius 2 is 2.11 bits per heavy atom. The van der Waals surface area contributed by atoms with Gasteiger partial charge in [-0.15, -0.1) is 24.0 Å². The fourth-order valence-corrected chi connectivity index (χ4v) is 3.49. The number of hydrogen-bond acceptors (Lipinski definition) is 6. The van der Waals surface area contributed by atoms with Gasteiger partial charge in [0.1, 0.15) is 5.82 Å². The van der Waals surface area contributed by atoms with Crippen molar-refractivity contribution in [1.29, 1.82) is 0 Å². The zero-order chi connectivity index (χ0) is 19.1. The molecule has 0 saturated carbocycles. The number of guanidine groups is 1. The fourth-order valence-electron chi connectivity index (χ4n) is 3.49. The Hall–Kier alpha value is -1.17. The quantitative estimate of drug-likeness (QED) is 0.363. The first-order valence-corrected chi connectivity index (χ1v) is 9.64. The Morgan fingerprint density at radius 1 is 1.32 bits per heavy atom. The number of halogens is 1. The molecule has 0 aliphatic carbocycles. The van der Waals surface area contributed by atoms with Gasteiger partial charge in [0.15, 0.2) is 5.96 Å². The van der Waals surface area contributed by atoms with Gasteiger partial charge in [0, 0.05) is 66.2 Å². The molecule has 8 nitrogen and oxygen atoms in total. The predicted molar refractivity (Wildman–Crippen MR) is 123 cm³/mol. The first-order chi connectivity index (χ1) is 13.2. The van der Waals surface area contributed by atoms with E-state index in [0.29, 0.717) is 13.2 Å². The lowest BCUT2D eigenvalue weighted by atomic mass is 10.2. The van der Waals surface area contributed by atoms with E-state index < -0.39 is 0 Å². The van der Waals surface area contributed by atoms with Crippen LogP contribution in [0.25, 0.3) is 0 Å². The van der Waals surface area contributed by atoms with Crippen molar-refractivity contribution in [2.45, 2.75) is 12.6 Å². The molecule has 1 aromatic rings. The molecule has 3 rings (SSSR count). The van der Waals surface area contributed by atoms with Crippen molar-refractivity contribution in [3.63, 3.8) is 0 Å². The summed E-state index contributed by atoms with van der Waals surface area (Å²) in [7, 11) is 5.70. The first kappa shape index (κ1) is 23.1. The van der Waals surface area contributed by atoms with Gasteiger partial charge < -0.3 is 29.5 Å². The van der Waals surface area contributed by atoms with E-state index in [2.05, 4.69) is 49.2 Å². The van der Waals surface area contributed by atoms with E-state index in [1.807, 2.05) is 13.2 Å². The van der Waals surface area contributed by atoms with Gasteiger partial charge in [-0.05, 0) is 24.7 Å². The van der Waals surface area contributed by atoms with Gasteiger partial charge in [0.2, 0.25) is 0 Å². The van der Waals surface area contributed by atoms with E-state index in [9.17, 15) is 0 Å². The van der Waals surface area contributed by atoms with Crippen molar-refractivity contribution in [2.24, 2.45) is 4.99 Å². The number of aliphatic imine (C=N–C) groups is 1. The van der Waals surface area contributed by atoms with Crippen LogP contribution in [-0.2, 0) is 16.0 Å². The van der Waals surface area contributed by atoms with Crippen LogP contribution >= 0.6 is 24.0 Å². The van der Waals surface area contributed by atoms with Crippen LogP contribution in [0.5, 0.6) is 0 Å². The minimum atomic E-state index is 0. The Bertz CT molecular complexity index is 622. The molecular weight excluding hydrogens is 471 g/mol. The number of methoxy groups -OCH3 is 1. The minimum Gasteiger partial charge on any atom is -0.382 e. The van der Waals surface area contributed by atoms with Crippen molar-refractivity contribution in [2.75, 3.05) is 78.6 Å². The molecule has 2 aliphatic heterocycles. The van der Waals surface area contributed by atoms with Crippen LogP contribution in [-0.4, -0.2) is 101 Å². The molecule has 0 aromatic carbocycles. The molecule has 2 aliphatic rings. The highest BCUT2D eigenvalue weighted by atomic mass is 127. The van der Waals surface area contributed by atoms with Crippen LogP contribution in [0, 0.1) is 0 Å². The summed E-state index contributed by atoms with van der Waals surface area (Å²) in [5.41, 5.74) is 1.21. The molecule has 2 fully saturated rings. The number of nitrogens with one attached hydrogen (secondary N) is 1. The van der Waals surface area contributed by atoms with Crippen molar-refractivity contribution >= 4 is 35.8 Å². The van der Waals surface area contributed by atoms with Crippen molar-refractivity contribution in [1.82, 2.24) is 20.1 Å². The van der Waals surface area contributed by atoms with Crippen LogP contribution < -0.4 is 10.2 Å². The van der Waals surface area contributed by atoms with Gasteiger partial charge in [-0.3, -0.25) is 4.99 Å². The third kappa shape index (κ3) is 6.43. The van der Waals surface area contributed by atoms with E-state index in [1.165, 1.54) is 5.56 Å². The fraction of sp³-hybridized carbons (Fsp3) is 0.684. The minimum absolute atomic E-state index is 0. The number of nitrogens with zero attached hydrogens (tertiary/aromatic N) is 5. The summed E-state index contributed by atoms with van der Waals surface area (Å²) in [6.45, 7) is 7.85. The third-order valence-corrected chi connectivity index (χ3v) is 5.09. The molecule has 1 N–H and O–H groups in total. The standard InChI is InChI=1S/C19H32N6O2.HI/c1-20-19(25-10-11-27-17(14-25)15-26-3)22-13-16-4-5-21-18(12-16)24-8-6-23(2)7-9-24;/h4-5,12,17H,6-11,13-15H2,1-3H3,(H,20,22);1H. The summed E-state index contributed by atoms with van der Waals surface area (Å²) in [5, 5.41) is 3.48. The maximum Gasteiger partial charge on any atom is 0.194 e. The molecule has 158 valence electrons. The summed E-state index contributed by atoms with van der Waals surface area (Å²) in [6.07, 6.45) is 1.99. The van der Waals surface area contributed by atoms with E-state index in [0.717, 1.165) is 57.6 Å². The van der Waals surface area contributed by atoms with Crippen LogP contribution in [0.4, 0.5) is 5.82 Å². The molecule has 0 amide bonds. The summed E-state index contributed by atoms with van der Waals surface area (Å²) >= 11 is 0. The lowest BCUT2D eigenvalue weighted by molar-refractivity contribution is -0.0447. The lowest BCUT2D eigenvalue weighted by Crippen LogP contribution is -2.51. The number of rotatable bonds is 5. The van der Waals surface area contributed by atoms with Crippen LogP contribution in [0.2, 0.25) is 0 Å². The Morgan fingerprint density at radius 3 is 2.82 bits per heavy atom. The van der Waals surface area contributed by atoms with Crippen molar-refractivity contribution < 1.29 is 9.47 Å². The maximum absolute atomic E-state index is 5.73. The number of hydrogen-bond donors (Lipinski definition) is 1. The predicted octanol–water partition coefficient (Wildman–Crippen LogP) is 0.874. The zero-order valence-corrected chi connectivity index (χ0v) is 19.5. The van der Waals surface area contributed by atoms with Gasteiger partial charge in [-0.2, -0.15) is 0 Å². The monoisotopic (exact) mass is 504 g/mol. The van der Waals surface area contributed by atoms with Gasteiger partial charge in [0.25, 0.3) is 0 Å². The molecular formula is C19H33IN6O2. The Balaban J connectivity index is 0.00000280. The van der Waals surface area contributed by atoms with E-state index >= 15 is 0 Å². The molecule has 1 atom stereocenters. The molecule has 2 saturated heterocycles. The molecule has 0 radical (unpaired) electrons. The topological polar surface area (TPSA) is 65.5 Å². The third-order valence-electron chi connectivity index (χ3n) is 5.09. The van der Waals surface area contributed by atoms with Crippen molar-refractivity contribution in [3.05, 3.63) is 23.9 Å². The SMILES string of the molecule is CN=C(NCc1ccnc(N2CCN(C)CC2)c1)N1CCOC(COC)C1.I. The first-order valence-electron chi connectivity index (χ1n) is 9.64. The number of piperazine rings is 1. The van der Waals surface area contributed by atoms with E-state index in [1.54, 1.807) is 7.11 Å². The van der Waals surface area contributed by atoms with Crippen LogP contribution in [0.1, 0.15) is 5.56 Å². The second-order valence-corrected chi connectivity index (χ2v) is 7.11. The summed E-state index contributed by atoms with van der Waals surface area (Å²) < 4.78 is 11.0. The largest absolute Gasteiger partial charge is 0.382 e. The number of ether oxygens (including phenoxy) is 2. The summed E-state index contributed by atoms with van der Waals surface area (Å²) in [4.78, 5) is 16.0. The number of likely N-dealkylation sites (N-methyl/N-ethyl adjacent to an activating group) is 1. The zero-order valence-electron chi connectivity index (χ0n) is 17.1. The van der Waals surface area contributed by atoms with Gasteiger partial charge in [-0.1, -0.05) is 0 Å². The molecule has 0 spiro atoms. The average Bonchev–Trinajstić information content (AvgIpc) is 2.70. The number of anilines is 1. The molecule has 9 heteroatoms. The number of pyridine rings is 1. The summed E-state index contributed by atoms with van der Waals surface area (Å²) in [5.74, 6) is 1.96. The smallest absolute Gasteiger partial charge is 0.194 e. The van der Waals surface area contributed by atoms with E-state index in [-0.39, 0.29) is 30.1 Å².